The molecule has 2 aromatic carbocycles. The zero-order chi connectivity index (χ0) is 15.4. The summed E-state index contributed by atoms with van der Waals surface area (Å²) in [5, 5.41) is 15.4. The van der Waals surface area contributed by atoms with Crippen LogP contribution in [0.1, 0.15) is 6.92 Å². The van der Waals surface area contributed by atoms with Crippen LogP contribution in [0.2, 0.25) is 0 Å². The zero-order valence-corrected chi connectivity index (χ0v) is 12.9. The van der Waals surface area contributed by atoms with Gasteiger partial charge < -0.3 is 15.2 Å². The van der Waals surface area contributed by atoms with E-state index < -0.39 is 0 Å². The SMILES string of the molecule is CCOc1ccccc1Nc1nc(-c2ccc(O)cc2)cs1. The van der Waals surface area contributed by atoms with E-state index in [4.69, 9.17) is 4.74 Å². The lowest BCUT2D eigenvalue weighted by Crippen LogP contribution is -1.97. The molecule has 1 aromatic heterocycles. The summed E-state index contributed by atoms with van der Waals surface area (Å²) in [5.74, 6) is 1.06. The summed E-state index contributed by atoms with van der Waals surface area (Å²) in [5.41, 5.74) is 2.75. The molecule has 4 nitrogen and oxygen atoms in total. The second-order valence-electron chi connectivity index (χ2n) is 4.64. The minimum absolute atomic E-state index is 0.253. The number of aromatic hydroxyl groups is 1. The van der Waals surface area contributed by atoms with E-state index in [1.165, 1.54) is 11.3 Å². The summed E-state index contributed by atoms with van der Waals surface area (Å²) in [6.45, 7) is 2.58. The van der Waals surface area contributed by atoms with Gasteiger partial charge >= 0.3 is 0 Å². The molecule has 2 N–H and O–H groups in total. The van der Waals surface area contributed by atoms with E-state index in [2.05, 4.69) is 10.3 Å². The number of nitrogens with one attached hydrogen (secondary N) is 1. The highest BCUT2D eigenvalue weighted by molar-refractivity contribution is 7.14. The molecule has 0 amide bonds. The Hall–Kier alpha value is -2.53. The summed E-state index contributed by atoms with van der Waals surface area (Å²) in [6, 6.07) is 14.8. The summed E-state index contributed by atoms with van der Waals surface area (Å²) >= 11 is 1.53. The van der Waals surface area contributed by atoms with Crippen molar-refractivity contribution < 1.29 is 9.84 Å². The average molecular weight is 312 g/mol. The number of phenolic OH excluding ortho intramolecular Hbond substituents is 1. The molecule has 0 bridgehead atoms. The van der Waals surface area contributed by atoms with Gasteiger partial charge in [-0.1, -0.05) is 12.1 Å². The highest BCUT2D eigenvalue weighted by Gasteiger charge is 2.07. The van der Waals surface area contributed by atoms with Crippen LogP contribution in [0.15, 0.2) is 53.9 Å². The minimum Gasteiger partial charge on any atom is -0.508 e. The van der Waals surface area contributed by atoms with E-state index in [1.54, 1.807) is 12.1 Å². The maximum atomic E-state index is 9.34. The van der Waals surface area contributed by atoms with Gasteiger partial charge in [-0.05, 0) is 43.3 Å². The normalized spacial score (nSPS) is 10.4. The van der Waals surface area contributed by atoms with Gasteiger partial charge in [0.05, 0.1) is 18.0 Å². The summed E-state index contributed by atoms with van der Waals surface area (Å²) in [4.78, 5) is 4.58. The Morgan fingerprint density at radius 2 is 1.91 bits per heavy atom. The first-order chi connectivity index (χ1) is 10.8. The van der Waals surface area contributed by atoms with Gasteiger partial charge in [-0.15, -0.1) is 11.3 Å². The lowest BCUT2D eigenvalue weighted by Gasteiger charge is -2.09. The monoisotopic (exact) mass is 312 g/mol. The molecule has 3 rings (SSSR count). The highest BCUT2D eigenvalue weighted by Crippen LogP contribution is 2.31. The number of para-hydroxylation sites is 2. The van der Waals surface area contributed by atoms with Crippen LogP contribution < -0.4 is 10.1 Å². The zero-order valence-electron chi connectivity index (χ0n) is 12.1. The van der Waals surface area contributed by atoms with Crippen molar-refractivity contribution in [3.63, 3.8) is 0 Å². The molecule has 0 saturated carbocycles. The first-order valence-electron chi connectivity index (χ1n) is 7.00. The Balaban J connectivity index is 1.81. The highest BCUT2D eigenvalue weighted by atomic mass is 32.1. The van der Waals surface area contributed by atoms with Crippen LogP contribution in [0.5, 0.6) is 11.5 Å². The lowest BCUT2D eigenvalue weighted by atomic mass is 10.2. The number of phenols is 1. The molecule has 0 saturated heterocycles. The standard InChI is InChI=1S/C17H16N2O2S/c1-2-21-16-6-4-3-5-14(16)18-17-19-15(11-22-17)12-7-9-13(20)10-8-12/h3-11,20H,2H2,1H3,(H,18,19). The molecule has 112 valence electrons. The van der Waals surface area contributed by atoms with Crippen molar-refractivity contribution in [2.45, 2.75) is 6.92 Å². The van der Waals surface area contributed by atoms with Gasteiger partial charge in [0.15, 0.2) is 5.13 Å². The molecule has 0 fully saturated rings. The van der Waals surface area contributed by atoms with Crippen molar-refractivity contribution in [3.05, 3.63) is 53.9 Å². The van der Waals surface area contributed by atoms with Crippen LogP contribution in [-0.2, 0) is 0 Å². The van der Waals surface area contributed by atoms with Crippen molar-refractivity contribution in [1.29, 1.82) is 0 Å². The van der Waals surface area contributed by atoms with Gasteiger partial charge in [0.25, 0.3) is 0 Å². The number of nitrogens with zero attached hydrogens (tertiary/aromatic N) is 1. The molecule has 3 aromatic rings. The van der Waals surface area contributed by atoms with E-state index in [1.807, 2.05) is 48.7 Å². The topological polar surface area (TPSA) is 54.4 Å². The van der Waals surface area contributed by atoms with Crippen molar-refractivity contribution >= 4 is 22.2 Å². The van der Waals surface area contributed by atoms with Gasteiger partial charge in [0, 0.05) is 10.9 Å². The average Bonchev–Trinajstić information content (AvgIpc) is 2.99. The molecule has 0 aliphatic carbocycles. The number of aromatic nitrogens is 1. The summed E-state index contributed by atoms with van der Waals surface area (Å²) in [6.07, 6.45) is 0. The smallest absolute Gasteiger partial charge is 0.187 e. The number of rotatable bonds is 5. The largest absolute Gasteiger partial charge is 0.508 e. The van der Waals surface area contributed by atoms with Crippen molar-refractivity contribution in [2.75, 3.05) is 11.9 Å². The Labute approximate surface area is 133 Å². The first-order valence-corrected chi connectivity index (χ1v) is 7.88. The maximum absolute atomic E-state index is 9.34. The first kappa shape index (κ1) is 14.4. The van der Waals surface area contributed by atoms with Crippen LogP contribution in [0.25, 0.3) is 11.3 Å². The third kappa shape index (κ3) is 3.20. The van der Waals surface area contributed by atoms with E-state index in [9.17, 15) is 5.11 Å². The molecular formula is C17H16N2O2S. The second-order valence-corrected chi connectivity index (χ2v) is 5.50. The molecule has 1 heterocycles. The minimum atomic E-state index is 0.253. The van der Waals surface area contributed by atoms with Gasteiger partial charge in [-0.3, -0.25) is 0 Å². The predicted molar refractivity (Wildman–Crippen MR) is 90.1 cm³/mol. The molecule has 0 atom stereocenters. The summed E-state index contributed by atoms with van der Waals surface area (Å²) < 4.78 is 5.60. The van der Waals surface area contributed by atoms with E-state index in [0.717, 1.165) is 27.8 Å². The van der Waals surface area contributed by atoms with Crippen molar-refractivity contribution in [3.8, 4) is 22.8 Å². The van der Waals surface area contributed by atoms with Crippen LogP contribution in [-0.4, -0.2) is 16.7 Å². The quantitative estimate of drug-likeness (QED) is 0.719. The molecule has 5 heteroatoms. The van der Waals surface area contributed by atoms with Crippen molar-refractivity contribution in [2.24, 2.45) is 0 Å². The number of anilines is 2. The number of hydrogen-bond acceptors (Lipinski definition) is 5. The van der Waals surface area contributed by atoms with Crippen LogP contribution in [0.3, 0.4) is 0 Å². The number of ether oxygens (including phenoxy) is 1. The third-order valence-electron chi connectivity index (χ3n) is 3.10. The fourth-order valence-corrected chi connectivity index (χ4v) is 2.79. The molecule has 22 heavy (non-hydrogen) atoms. The van der Waals surface area contributed by atoms with Crippen LogP contribution in [0.4, 0.5) is 10.8 Å². The van der Waals surface area contributed by atoms with Crippen LogP contribution >= 0.6 is 11.3 Å². The molecule has 0 aliphatic heterocycles. The maximum Gasteiger partial charge on any atom is 0.187 e. The van der Waals surface area contributed by atoms with Gasteiger partial charge in [-0.2, -0.15) is 0 Å². The van der Waals surface area contributed by atoms with E-state index in [-0.39, 0.29) is 5.75 Å². The Bertz CT molecular complexity index is 753. The van der Waals surface area contributed by atoms with E-state index >= 15 is 0 Å². The van der Waals surface area contributed by atoms with Crippen molar-refractivity contribution in [1.82, 2.24) is 4.98 Å². The third-order valence-corrected chi connectivity index (χ3v) is 3.85. The van der Waals surface area contributed by atoms with Crippen LogP contribution in [0, 0.1) is 0 Å². The Kier molecular flexibility index (Phi) is 4.25. The summed E-state index contributed by atoms with van der Waals surface area (Å²) in [7, 11) is 0. The molecule has 0 aliphatic rings. The van der Waals surface area contributed by atoms with Gasteiger partial charge in [0.1, 0.15) is 11.5 Å². The number of hydrogen-bond donors (Lipinski definition) is 2. The Morgan fingerprint density at radius 1 is 1.14 bits per heavy atom. The molecular weight excluding hydrogens is 296 g/mol. The van der Waals surface area contributed by atoms with Gasteiger partial charge in [-0.25, -0.2) is 4.98 Å². The fraction of sp³-hybridized carbons (Fsp3) is 0.118. The number of thiazole rings is 1. The predicted octanol–water partition coefficient (Wildman–Crippen LogP) is 4.66. The number of benzene rings is 2. The fourth-order valence-electron chi connectivity index (χ4n) is 2.06. The van der Waals surface area contributed by atoms with E-state index in [0.29, 0.717) is 6.61 Å². The van der Waals surface area contributed by atoms with Gasteiger partial charge in [0.2, 0.25) is 0 Å². The molecule has 0 radical (unpaired) electrons. The second kappa shape index (κ2) is 6.49. The lowest BCUT2D eigenvalue weighted by molar-refractivity contribution is 0.342. The Morgan fingerprint density at radius 3 is 2.68 bits per heavy atom. The molecule has 0 unspecified atom stereocenters. The molecule has 0 spiro atoms.